The second-order valence-electron chi connectivity index (χ2n) is 36.2. The van der Waals surface area contributed by atoms with E-state index < -0.39 is 14.9 Å². The average molecular weight is 1980 g/mol. The number of piperazine rings is 4. The van der Waals surface area contributed by atoms with Gasteiger partial charge in [-0.05, 0) is 166 Å². The lowest BCUT2D eigenvalue weighted by molar-refractivity contribution is -0.384. The smallest absolute Gasteiger partial charge is 0.270 e. The van der Waals surface area contributed by atoms with Gasteiger partial charge in [-0.25, -0.2) is 32.7 Å². The summed E-state index contributed by atoms with van der Waals surface area (Å²) in [4.78, 5) is 84.5. The monoisotopic (exact) mass is 1980 g/mol. The van der Waals surface area contributed by atoms with Gasteiger partial charge in [0.25, 0.3) is 17.5 Å². The number of non-ortho nitro benzene ring substituents is 1. The number of hydrogen-bond donors (Lipinski definition) is 0. The molecule has 0 spiro atoms. The highest BCUT2D eigenvalue weighted by molar-refractivity contribution is 7.88. The maximum atomic E-state index is 13.6. The van der Waals surface area contributed by atoms with Gasteiger partial charge in [-0.15, -0.1) is 11.3 Å². The lowest BCUT2D eigenvalue weighted by Crippen LogP contribution is -2.49. The molecule has 3 amide bonds. The Kier molecular flexibility index (Phi) is 30.3. The molecule has 0 saturated carbocycles. The van der Waals surface area contributed by atoms with Crippen LogP contribution in [0, 0.1) is 22.9 Å². The first-order valence-electron chi connectivity index (χ1n) is 48.1. The highest BCUT2D eigenvalue weighted by Gasteiger charge is 2.32. The van der Waals surface area contributed by atoms with Crippen LogP contribution in [0.3, 0.4) is 0 Å². The lowest BCUT2D eigenvalue weighted by Gasteiger charge is -2.34. The number of rotatable bonds is 23. The van der Waals surface area contributed by atoms with Gasteiger partial charge < -0.3 is 41.8 Å². The minimum Gasteiger partial charge on any atom is -0.497 e. The number of ether oxygens (including phenoxy) is 2. The van der Waals surface area contributed by atoms with Crippen molar-refractivity contribution in [1.82, 2.24) is 76.1 Å². The zero-order chi connectivity index (χ0) is 99.3. The topological polar surface area (TPSA) is 242 Å². The number of pyridine rings is 4. The molecule has 9 aromatic carbocycles. The van der Waals surface area contributed by atoms with E-state index in [4.69, 9.17) is 41.0 Å². The summed E-state index contributed by atoms with van der Waals surface area (Å²) in [5, 5.41) is 13.8. The largest absolute Gasteiger partial charge is 0.497 e. The molecule has 22 rings (SSSR count). The van der Waals surface area contributed by atoms with Crippen molar-refractivity contribution in [3.05, 3.63) is 393 Å². The van der Waals surface area contributed by atoms with E-state index >= 15 is 0 Å². The number of nitro benzene ring substituents is 1. The molecule has 26 nitrogen and oxygen atoms in total. The number of sulfonamides is 1. The molecule has 0 radical (unpaired) electrons. The van der Waals surface area contributed by atoms with Crippen molar-refractivity contribution in [2.24, 2.45) is 0 Å². The maximum absolute atomic E-state index is 13.6. The fraction of sp³-hybridized carbons (Fsp3) is 0.219. The highest BCUT2D eigenvalue weighted by atomic mass is 35.5. The van der Waals surface area contributed by atoms with Crippen LogP contribution in [0.4, 0.5) is 10.1 Å². The van der Waals surface area contributed by atoms with Crippen molar-refractivity contribution in [3.8, 4) is 95.3 Å². The molecule has 4 fully saturated rings. The highest BCUT2D eigenvalue weighted by Crippen LogP contribution is 2.37. The minimum atomic E-state index is -3.18. The third kappa shape index (κ3) is 22.8. The molecule has 4 aliphatic rings. The number of amides is 3. The third-order valence-electron chi connectivity index (χ3n) is 26.8. The van der Waals surface area contributed by atoms with E-state index in [0.717, 1.165) is 181 Å². The Hall–Kier alpha value is -15.0. The van der Waals surface area contributed by atoms with Gasteiger partial charge in [0.1, 0.15) is 40.8 Å². The molecule has 4 aliphatic heterocycles. The second kappa shape index (κ2) is 44.6. The van der Waals surface area contributed by atoms with E-state index in [1.807, 2.05) is 130 Å². The first-order valence-corrected chi connectivity index (χ1v) is 51.2. The second-order valence-corrected chi connectivity index (χ2v) is 39.6. The van der Waals surface area contributed by atoms with Crippen molar-refractivity contribution in [1.29, 1.82) is 0 Å². The van der Waals surface area contributed by atoms with Crippen LogP contribution in [0.15, 0.2) is 333 Å². The number of thiophene rings is 1. The molecule has 9 aromatic heterocycles. The van der Waals surface area contributed by atoms with E-state index in [1.54, 1.807) is 43.4 Å². The number of imidazole rings is 4. The Morgan fingerprint density at radius 3 is 1.12 bits per heavy atom. The van der Waals surface area contributed by atoms with Crippen LogP contribution in [-0.4, -0.2) is 239 Å². The summed E-state index contributed by atoms with van der Waals surface area (Å²) in [5.74, 6) is 0.532. The number of halogens is 2. The van der Waals surface area contributed by atoms with Gasteiger partial charge in [0.05, 0.1) is 68.7 Å². The number of nitro groups is 1. The average Bonchev–Trinajstić information content (AvgIpc) is 1.63. The number of nitrogens with zero attached hydrogens (tertiary/aromatic N) is 17. The Balaban J connectivity index is 0.000000122. The van der Waals surface area contributed by atoms with Crippen LogP contribution in [0.2, 0.25) is 5.02 Å². The van der Waals surface area contributed by atoms with Crippen LogP contribution in [0.5, 0.6) is 5.75 Å². The zero-order valence-electron chi connectivity index (χ0n) is 80.5. The molecule has 13 heterocycles. The molecule has 0 atom stereocenters. The molecule has 4 saturated heterocycles. The van der Waals surface area contributed by atoms with Crippen LogP contribution >= 0.6 is 22.9 Å². The van der Waals surface area contributed by atoms with Crippen LogP contribution in [-0.2, 0) is 45.7 Å². The van der Waals surface area contributed by atoms with Crippen LogP contribution in [0.1, 0.15) is 48.4 Å². The molecular formula is C114H109ClFN17O9S2. The summed E-state index contributed by atoms with van der Waals surface area (Å²) in [6.07, 6.45) is 9.86. The lowest BCUT2D eigenvalue weighted by atomic mass is 10.1. The Labute approximate surface area is 844 Å². The van der Waals surface area contributed by atoms with Crippen molar-refractivity contribution in [2.45, 2.75) is 33.1 Å². The molecule has 0 bridgehead atoms. The van der Waals surface area contributed by atoms with Crippen molar-refractivity contribution in [3.63, 3.8) is 0 Å². The van der Waals surface area contributed by atoms with Gasteiger partial charge in [-0.1, -0.05) is 199 Å². The summed E-state index contributed by atoms with van der Waals surface area (Å²) in [6, 6.07) is 98.5. The normalized spacial score (nSPS) is 14.6. The van der Waals surface area contributed by atoms with E-state index in [9.17, 15) is 37.3 Å². The first-order chi connectivity index (χ1) is 70.1. The predicted molar refractivity (Wildman–Crippen MR) is 566 cm³/mol. The van der Waals surface area contributed by atoms with E-state index in [2.05, 4.69) is 208 Å². The van der Waals surface area contributed by atoms with Crippen molar-refractivity contribution < 1.29 is 41.6 Å². The molecule has 144 heavy (non-hydrogen) atoms. The summed E-state index contributed by atoms with van der Waals surface area (Å²) < 4.78 is 58.1. The fourth-order valence-corrected chi connectivity index (χ4v) is 20.6. The van der Waals surface area contributed by atoms with E-state index in [1.165, 1.54) is 68.5 Å². The molecule has 30 heteroatoms. The molecular weight excluding hydrogens is 1870 g/mol. The Bertz CT molecular complexity index is 7680. The summed E-state index contributed by atoms with van der Waals surface area (Å²) in [5.41, 5.74) is 26.2. The van der Waals surface area contributed by atoms with E-state index in [-0.39, 0.29) is 35.8 Å². The number of hydrogen-bond acceptors (Lipinski definition) is 18. The predicted octanol–water partition coefficient (Wildman–Crippen LogP) is 20.0. The van der Waals surface area contributed by atoms with Gasteiger partial charge in [0.15, 0.2) is 0 Å². The maximum Gasteiger partial charge on any atom is 0.270 e. The van der Waals surface area contributed by atoms with Gasteiger partial charge in [0, 0.05) is 208 Å². The summed E-state index contributed by atoms with van der Waals surface area (Å²) in [7, 11) is 0.0681. The number of carbonyl (C=O) groups excluding carboxylic acids is 3. The molecule has 18 aromatic rings. The number of fused-ring (bicyclic) bond motifs is 4. The number of carbonyl (C=O) groups is 3. The number of benzene rings is 9. The van der Waals surface area contributed by atoms with Gasteiger partial charge in [0.2, 0.25) is 15.9 Å². The quantitative estimate of drug-likeness (QED) is 0.0427. The van der Waals surface area contributed by atoms with Gasteiger partial charge >= 0.3 is 0 Å². The molecule has 730 valence electrons. The number of methoxy groups -OCH3 is 2. The number of aromatic nitrogens is 8. The van der Waals surface area contributed by atoms with Gasteiger partial charge in [-0.3, -0.25) is 44.1 Å². The zero-order valence-corrected chi connectivity index (χ0v) is 82.8. The first kappa shape index (κ1) is 97.8. The minimum absolute atomic E-state index is 0.0600. The SMILES string of the molecule is COCC(=O)N1CCN(Cc2c(-c3ccc(C)cc3)nc3ccc(-c4ccccc4)cn23)CC1.COc1cccc(-c2nc3ccc(-c4ccccc4)cn3c2CN2CCN(C(=O)c3cccs3)CC2)c1.CS(=O)(=O)N1CCN(Cc2c(-c3ccc(F)cc3)nc3ccc(-c4ccccc4)cn23)CC1.O=C(c1cccc([N+](=O)[O-])c1)N1CCN(Cc2c(-c3ccc(Cl)cc3)nc3ccc(-c4ccccc4)cn23)CC1. The fourth-order valence-electron chi connectivity index (χ4n) is 19.0. The molecule has 0 N–H and O–H groups in total. The molecule has 0 aliphatic carbocycles. The summed E-state index contributed by atoms with van der Waals surface area (Å²) >= 11 is 7.68. The summed E-state index contributed by atoms with van der Waals surface area (Å²) in [6.45, 7) is 15.8. The van der Waals surface area contributed by atoms with Crippen LogP contribution in [0.25, 0.3) is 112 Å². The Morgan fingerprint density at radius 2 is 0.743 bits per heavy atom. The van der Waals surface area contributed by atoms with E-state index in [0.29, 0.717) is 89.1 Å². The van der Waals surface area contributed by atoms with Crippen molar-refractivity contribution in [2.75, 3.05) is 132 Å². The van der Waals surface area contributed by atoms with Crippen molar-refractivity contribution >= 4 is 79.0 Å². The van der Waals surface area contributed by atoms with Crippen LogP contribution < -0.4 is 4.74 Å². The standard InChI is InChI=1S/C31H26ClN5O3.C30H28N4O2S.C28H30N4O2.C25H25FN4O2S/c32-26-12-9-23(10-13-26)30-28(36-20-25(11-14-29(36)33-30)22-5-2-1-3-6-22)21-34-15-17-35(18-16-34)31(38)24-7-4-8-27(19-24)37(39)40;1-36-25-10-5-9-23(19-25)29-26(21-32-14-16-33(17-15-32)30(35)27-11-6-18-37-27)34-20-24(12-13-28(34)31-29)22-7-3-2-4-8-22;1-21-8-10-23(11-9-21)28-25(19-30-14-16-31(17-15-30)27(33)20-34-2)32-18-24(12-13-26(32)29-28)22-6-4-3-5-7-22;1-33(31,32)29-15-13-28(14-16-29)18-23-25(20-7-10-22(26)11-8-20)27-24-12-9-21(17-30(23)24)19-5-3-2-4-6-19/h1-14,19-20H,15-18,21H2;2-13,18-20H,14-17,21H2,1H3;3-13,18H,14-17,19-20H2,1-2H3;2-12,17H,13-16,18H2,1H3. The molecule has 0 unspecified atom stereocenters. The third-order valence-corrected chi connectivity index (χ3v) is 29.3. The number of aryl methyl sites for hydroxylation is 1. The van der Waals surface area contributed by atoms with Gasteiger partial charge in [-0.2, -0.15) is 4.31 Å². The Morgan fingerprint density at radius 1 is 0.389 bits per heavy atom.